The Labute approximate surface area is 189 Å². The molecule has 168 valence electrons. The molecule has 3 heterocycles. The van der Waals surface area contributed by atoms with E-state index >= 15 is 0 Å². The lowest BCUT2D eigenvalue weighted by atomic mass is 9.81. The van der Waals surface area contributed by atoms with Crippen molar-refractivity contribution in [1.82, 2.24) is 14.5 Å². The SMILES string of the molecule is COc1cccc(-n2c(=O)[nH]c3sc4c(c3c2=O)CCN(C(=O)[C@@H]2CCC[C@@H](C)C2)C4)c1. The first-order valence-electron chi connectivity index (χ1n) is 11.2. The van der Waals surface area contributed by atoms with E-state index < -0.39 is 5.69 Å². The van der Waals surface area contributed by atoms with E-state index in [0.29, 0.717) is 47.1 Å². The average Bonchev–Trinajstić information content (AvgIpc) is 3.16. The normalized spacial score (nSPS) is 20.9. The summed E-state index contributed by atoms with van der Waals surface area (Å²) in [6, 6.07) is 6.91. The van der Waals surface area contributed by atoms with Gasteiger partial charge in [0, 0.05) is 23.4 Å². The molecule has 2 aromatic heterocycles. The second kappa shape index (κ2) is 8.24. The third-order valence-electron chi connectivity index (χ3n) is 6.81. The number of rotatable bonds is 3. The van der Waals surface area contributed by atoms with E-state index in [0.717, 1.165) is 29.7 Å². The Morgan fingerprint density at radius 2 is 2.09 bits per heavy atom. The van der Waals surface area contributed by atoms with E-state index in [1.54, 1.807) is 31.4 Å². The predicted octanol–water partition coefficient (Wildman–Crippen LogP) is 3.46. The monoisotopic (exact) mass is 453 g/mol. The van der Waals surface area contributed by atoms with Gasteiger partial charge in [-0.15, -0.1) is 11.3 Å². The van der Waals surface area contributed by atoms with Crippen LogP contribution in [0.2, 0.25) is 0 Å². The lowest BCUT2D eigenvalue weighted by Crippen LogP contribution is -2.41. The van der Waals surface area contributed by atoms with Crippen LogP contribution in [0.4, 0.5) is 0 Å². The Morgan fingerprint density at radius 3 is 2.88 bits per heavy atom. The third-order valence-corrected chi connectivity index (χ3v) is 7.94. The van der Waals surface area contributed by atoms with Crippen molar-refractivity contribution in [2.45, 2.75) is 45.6 Å². The van der Waals surface area contributed by atoms with Gasteiger partial charge in [-0.1, -0.05) is 25.8 Å². The topological polar surface area (TPSA) is 84.4 Å². The zero-order valence-electron chi connectivity index (χ0n) is 18.3. The average molecular weight is 454 g/mol. The van der Waals surface area contributed by atoms with Crippen LogP contribution in [0.5, 0.6) is 5.75 Å². The minimum atomic E-state index is -0.474. The molecule has 0 spiro atoms. The molecule has 32 heavy (non-hydrogen) atoms. The fraction of sp³-hybridized carbons (Fsp3) is 0.458. The van der Waals surface area contributed by atoms with Crippen LogP contribution in [0.15, 0.2) is 33.9 Å². The minimum absolute atomic E-state index is 0.111. The number of benzene rings is 1. The maximum Gasteiger partial charge on any atom is 0.334 e. The van der Waals surface area contributed by atoms with Gasteiger partial charge >= 0.3 is 5.69 Å². The van der Waals surface area contributed by atoms with Gasteiger partial charge in [0.05, 0.1) is 24.7 Å². The molecular formula is C24H27N3O4S. The van der Waals surface area contributed by atoms with Crippen LogP contribution in [0.3, 0.4) is 0 Å². The largest absolute Gasteiger partial charge is 0.497 e. The molecule has 0 unspecified atom stereocenters. The molecule has 1 saturated carbocycles. The minimum Gasteiger partial charge on any atom is -0.497 e. The van der Waals surface area contributed by atoms with Gasteiger partial charge in [0.15, 0.2) is 0 Å². The first-order valence-corrected chi connectivity index (χ1v) is 12.0. The highest BCUT2D eigenvalue weighted by atomic mass is 32.1. The second-order valence-electron chi connectivity index (χ2n) is 8.96. The molecule has 3 aromatic rings. The molecule has 7 nitrogen and oxygen atoms in total. The van der Waals surface area contributed by atoms with E-state index in [4.69, 9.17) is 4.74 Å². The summed E-state index contributed by atoms with van der Waals surface area (Å²) >= 11 is 1.42. The summed E-state index contributed by atoms with van der Waals surface area (Å²) in [4.78, 5) is 45.8. The molecule has 1 aliphatic carbocycles. The number of thiophene rings is 1. The number of hydrogen-bond donors (Lipinski definition) is 1. The van der Waals surface area contributed by atoms with Gasteiger partial charge in [0.1, 0.15) is 10.6 Å². The Kier molecular flexibility index (Phi) is 5.41. The quantitative estimate of drug-likeness (QED) is 0.658. The summed E-state index contributed by atoms with van der Waals surface area (Å²) in [5.74, 6) is 1.52. The highest BCUT2D eigenvalue weighted by Gasteiger charge is 2.32. The standard InChI is InChI=1S/C24H27N3O4S/c1-14-5-3-6-15(11-14)22(28)26-10-9-18-19(13-26)32-21-20(18)23(29)27(24(30)25-21)16-7-4-8-17(12-16)31-2/h4,7-8,12,14-15H,3,5-6,9-11,13H2,1-2H3,(H,25,30)/t14-,15-/m1/s1. The fourth-order valence-electron chi connectivity index (χ4n) is 5.16. The van der Waals surface area contributed by atoms with Gasteiger partial charge in [-0.25, -0.2) is 9.36 Å². The van der Waals surface area contributed by atoms with Crippen molar-refractivity contribution in [2.75, 3.05) is 13.7 Å². The molecule has 2 atom stereocenters. The maximum absolute atomic E-state index is 13.4. The van der Waals surface area contributed by atoms with Gasteiger partial charge in [0.2, 0.25) is 5.91 Å². The van der Waals surface area contributed by atoms with Crippen LogP contribution in [0, 0.1) is 11.8 Å². The van der Waals surface area contributed by atoms with Crippen molar-refractivity contribution in [1.29, 1.82) is 0 Å². The third kappa shape index (κ3) is 3.56. The molecular weight excluding hydrogens is 426 g/mol. The maximum atomic E-state index is 13.4. The molecule has 0 radical (unpaired) electrons. The molecule has 2 aliphatic rings. The Morgan fingerprint density at radius 1 is 1.25 bits per heavy atom. The molecule has 1 aliphatic heterocycles. The van der Waals surface area contributed by atoms with Crippen molar-refractivity contribution < 1.29 is 9.53 Å². The Balaban J connectivity index is 1.51. The number of H-pyrrole nitrogens is 1. The number of aromatic nitrogens is 2. The lowest BCUT2D eigenvalue weighted by molar-refractivity contribution is -0.138. The van der Waals surface area contributed by atoms with Crippen molar-refractivity contribution in [3.05, 3.63) is 55.5 Å². The number of fused-ring (bicyclic) bond motifs is 3. The van der Waals surface area contributed by atoms with Crippen LogP contribution >= 0.6 is 11.3 Å². The van der Waals surface area contributed by atoms with E-state index in [1.165, 1.54) is 22.3 Å². The first kappa shape index (κ1) is 21.0. The second-order valence-corrected chi connectivity index (χ2v) is 10.1. The van der Waals surface area contributed by atoms with Crippen molar-refractivity contribution in [3.63, 3.8) is 0 Å². The highest BCUT2D eigenvalue weighted by molar-refractivity contribution is 7.18. The molecule has 1 amide bonds. The van der Waals surface area contributed by atoms with Gasteiger partial charge in [-0.2, -0.15) is 0 Å². The van der Waals surface area contributed by atoms with Gasteiger partial charge < -0.3 is 9.64 Å². The van der Waals surface area contributed by atoms with Gasteiger partial charge in [-0.3, -0.25) is 14.6 Å². The van der Waals surface area contributed by atoms with E-state index in [9.17, 15) is 14.4 Å². The number of aromatic amines is 1. The molecule has 0 saturated heterocycles. The molecule has 1 fully saturated rings. The fourth-order valence-corrected chi connectivity index (χ4v) is 6.41. The van der Waals surface area contributed by atoms with Gasteiger partial charge in [-0.05, 0) is 42.9 Å². The summed E-state index contributed by atoms with van der Waals surface area (Å²) in [7, 11) is 1.55. The molecule has 5 rings (SSSR count). The van der Waals surface area contributed by atoms with Crippen LogP contribution in [0.1, 0.15) is 43.0 Å². The van der Waals surface area contributed by atoms with Crippen LogP contribution < -0.4 is 16.0 Å². The number of carbonyl (C=O) groups is 1. The Hall–Kier alpha value is -2.87. The summed E-state index contributed by atoms with van der Waals surface area (Å²) in [5.41, 5.74) is 0.634. The number of methoxy groups -OCH3 is 1. The summed E-state index contributed by atoms with van der Waals surface area (Å²) in [5, 5.41) is 0.561. The number of amides is 1. The summed E-state index contributed by atoms with van der Waals surface area (Å²) < 4.78 is 6.41. The lowest BCUT2D eigenvalue weighted by Gasteiger charge is -2.33. The van der Waals surface area contributed by atoms with Crippen molar-refractivity contribution in [2.24, 2.45) is 11.8 Å². The van der Waals surface area contributed by atoms with E-state index in [-0.39, 0.29) is 17.4 Å². The molecule has 1 aromatic carbocycles. The summed E-state index contributed by atoms with van der Waals surface area (Å²) in [6.45, 7) is 3.35. The number of ether oxygens (including phenoxy) is 1. The number of nitrogens with one attached hydrogen (secondary N) is 1. The number of hydrogen-bond acceptors (Lipinski definition) is 5. The van der Waals surface area contributed by atoms with Crippen LogP contribution in [-0.4, -0.2) is 34.0 Å². The first-order chi connectivity index (χ1) is 15.5. The van der Waals surface area contributed by atoms with E-state index in [2.05, 4.69) is 11.9 Å². The number of carbonyl (C=O) groups excluding carboxylic acids is 1. The molecule has 0 bridgehead atoms. The van der Waals surface area contributed by atoms with E-state index in [1.807, 2.05) is 4.90 Å². The van der Waals surface area contributed by atoms with Crippen molar-refractivity contribution >= 4 is 27.5 Å². The predicted molar refractivity (Wildman–Crippen MR) is 125 cm³/mol. The zero-order valence-corrected chi connectivity index (χ0v) is 19.2. The zero-order chi connectivity index (χ0) is 22.4. The summed E-state index contributed by atoms with van der Waals surface area (Å²) in [6.07, 6.45) is 4.88. The molecule has 1 N–H and O–H groups in total. The number of nitrogens with zero attached hydrogens (tertiary/aromatic N) is 2. The smallest absolute Gasteiger partial charge is 0.334 e. The van der Waals surface area contributed by atoms with Gasteiger partial charge in [0.25, 0.3) is 5.56 Å². The van der Waals surface area contributed by atoms with Crippen molar-refractivity contribution in [3.8, 4) is 11.4 Å². The highest BCUT2D eigenvalue weighted by Crippen LogP contribution is 2.35. The van der Waals surface area contributed by atoms with Crippen LogP contribution in [-0.2, 0) is 17.8 Å². The molecule has 8 heteroatoms. The Bertz CT molecular complexity index is 1300. The van der Waals surface area contributed by atoms with Crippen LogP contribution in [0.25, 0.3) is 15.9 Å².